The van der Waals surface area contributed by atoms with Crippen molar-refractivity contribution in [3.05, 3.63) is 68.0 Å². The van der Waals surface area contributed by atoms with Gasteiger partial charge in [-0.05, 0) is 47.1 Å². The molecule has 3 rings (SSSR count). The molecule has 0 aliphatic rings. The summed E-state index contributed by atoms with van der Waals surface area (Å²) in [5, 5.41) is 4.94. The lowest BCUT2D eigenvalue weighted by atomic mass is 10.2. The average molecular weight is 426 g/mol. The zero-order valence-electron chi connectivity index (χ0n) is 12.4. The van der Waals surface area contributed by atoms with Gasteiger partial charge in [-0.25, -0.2) is 10.4 Å². The number of aryl methyl sites for hydroxylation is 1. The highest BCUT2D eigenvalue weighted by atomic mass is 79.9. The third kappa shape index (κ3) is 3.45. The molecule has 0 saturated heterocycles. The lowest BCUT2D eigenvalue weighted by molar-refractivity contribution is 0.0948. The van der Waals surface area contributed by atoms with E-state index >= 15 is 0 Å². The lowest BCUT2D eigenvalue weighted by Crippen LogP contribution is -2.20. The molecule has 0 atom stereocenters. The van der Waals surface area contributed by atoms with Crippen LogP contribution in [0.2, 0.25) is 10.0 Å². The number of nitrogens with zero attached hydrogens (tertiary/aromatic N) is 3. The van der Waals surface area contributed by atoms with Crippen LogP contribution in [0.25, 0.3) is 5.65 Å². The Morgan fingerprint density at radius 3 is 2.88 bits per heavy atom. The van der Waals surface area contributed by atoms with E-state index in [9.17, 15) is 4.79 Å². The van der Waals surface area contributed by atoms with Crippen molar-refractivity contribution in [3.8, 4) is 0 Å². The van der Waals surface area contributed by atoms with E-state index < -0.39 is 0 Å². The number of carbonyl (C=O) groups is 1. The third-order valence-corrected chi connectivity index (χ3v) is 4.34. The summed E-state index contributed by atoms with van der Waals surface area (Å²) in [4.78, 5) is 16.8. The summed E-state index contributed by atoms with van der Waals surface area (Å²) in [6, 6.07) is 8.72. The second-order valence-electron chi connectivity index (χ2n) is 4.99. The van der Waals surface area contributed by atoms with Gasteiger partial charge in [0.05, 0.1) is 16.9 Å². The number of hydrogen-bond donors (Lipinski definition) is 1. The molecule has 1 amide bonds. The van der Waals surface area contributed by atoms with E-state index in [0.29, 0.717) is 32.6 Å². The van der Waals surface area contributed by atoms with Gasteiger partial charge in [-0.3, -0.25) is 9.20 Å². The molecule has 0 aliphatic carbocycles. The van der Waals surface area contributed by atoms with Crippen LogP contribution in [0.3, 0.4) is 0 Å². The summed E-state index contributed by atoms with van der Waals surface area (Å²) in [6.07, 6.45) is 3.25. The summed E-state index contributed by atoms with van der Waals surface area (Å²) < 4.78 is 2.55. The van der Waals surface area contributed by atoms with Gasteiger partial charge in [-0.15, -0.1) is 0 Å². The molecule has 0 unspecified atom stereocenters. The van der Waals surface area contributed by atoms with Gasteiger partial charge in [0.1, 0.15) is 11.3 Å². The van der Waals surface area contributed by atoms with Crippen LogP contribution in [0.15, 0.2) is 46.1 Å². The first-order chi connectivity index (χ1) is 11.5. The van der Waals surface area contributed by atoms with Crippen LogP contribution in [0, 0.1) is 6.92 Å². The topological polar surface area (TPSA) is 58.8 Å². The van der Waals surface area contributed by atoms with E-state index in [1.54, 1.807) is 35.7 Å². The summed E-state index contributed by atoms with van der Waals surface area (Å²) in [5.41, 5.74) is 4.87. The molecular formula is C16H11BrCl2N4O. The molecule has 3 aromatic rings. The number of fused-ring (bicyclic) bond motifs is 1. The predicted molar refractivity (Wildman–Crippen MR) is 99.2 cm³/mol. The van der Waals surface area contributed by atoms with Crippen molar-refractivity contribution in [2.45, 2.75) is 6.92 Å². The van der Waals surface area contributed by atoms with Crippen molar-refractivity contribution in [2.24, 2.45) is 5.10 Å². The van der Waals surface area contributed by atoms with E-state index in [2.05, 4.69) is 31.4 Å². The van der Waals surface area contributed by atoms with Gasteiger partial charge in [0.2, 0.25) is 0 Å². The molecule has 1 N–H and O–H groups in total. The summed E-state index contributed by atoms with van der Waals surface area (Å²) in [6.45, 7) is 1.77. The van der Waals surface area contributed by atoms with Crippen molar-refractivity contribution in [1.82, 2.24) is 14.8 Å². The number of imidazole rings is 1. The summed E-state index contributed by atoms with van der Waals surface area (Å²) >= 11 is 15.3. The zero-order valence-corrected chi connectivity index (χ0v) is 15.5. The lowest BCUT2D eigenvalue weighted by Gasteiger charge is -2.03. The smallest absolute Gasteiger partial charge is 0.290 e. The van der Waals surface area contributed by atoms with Crippen molar-refractivity contribution in [2.75, 3.05) is 0 Å². The largest absolute Gasteiger partial charge is 0.294 e. The molecule has 0 radical (unpaired) electrons. The Morgan fingerprint density at radius 1 is 1.33 bits per heavy atom. The minimum Gasteiger partial charge on any atom is -0.294 e. The number of nitrogens with one attached hydrogen (secondary N) is 1. The van der Waals surface area contributed by atoms with E-state index in [1.165, 1.54) is 6.21 Å². The van der Waals surface area contributed by atoms with Crippen molar-refractivity contribution >= 4 is 56.9 Å². The van der Waals surface area contributed by atoms with Gasteiger partial charge >= 0.3 is 0 Å². The maximum absolute atomic E-state index is 12.4. The van der Waals surface area contributed by atoms with E-state index in [4.69, 9.17) is 23.2 Å². The molecule has 0 saturated carbocycles. The summed E-state index contributed by atoms with van der Waals surface area (Å²) in [7, 11) is 0. The second kappa shape index (κ2) is 6.93. The first-order valence-electron chi connectivity index (χ1n) is 6.88. The average Bonchev–Trinajstić information content (AvgIpc) is 2.84. The van der Waals surface area contributed by atoms with Gasteiger partial charge in [-0.1, -0.05) is 29.3 Å². The third-order valence-electron chi connectivity index (χ3n) is 3.30. The Hall–Kier alpha value is -1.89. The Bertz CT molecular complexity index is 968. The standard InChI is InChI=1S/C16H11BrCl2N4O/c1-9-15(23-8-11(17)3-5-14(23)21-9)16(24)22-20-7-10-2-4-12(18)6-13(10)19/h2-8H,1H3,(H,22,24). The van der Waals surface area contributed by atoms with Crippen LogP contribution in [-0.2, 0) is 0 Å². The van der Waals surface area contributed by atoms with Crippen LogP contribution in [0.1, 0.15) is 21.7 Å². The maximum atomic E-state index is 12.4. The fourth-order valence-corrected chi connectivity index (χ4v) is 3.02. The molecule has 1 aromatic carbocycles. The van der Waals surface area contributed by atoms with Crippen LogP contribution in [-0.4, -0.2) is 21.5 Å². The van der Waals surface area contributed by atoms with Gasteiger partial charge in [-0.2, -0.15) is 5.10 Å². The highest BCUT2D eigenvalue weighted by Crippen LogP contribution is 2.19. The van der Waals surface area contributed by atoms with Crippen LogP contribution in [0.4, 0.5) is 0 Å². The first kappa shape index (κ1) is 17.0. The molecule has 0 bridgehead atoms. The highest BCUT2D eigenvalue weighted by molar-refractivity contribution is 9.10. The number of hydrogen-bond acceptors (Lipinski definition) is 3. The number of rotatable bonds is 3. The maximum Gasteiger partial charge on any atom is 0.290 e. The molecule has 0 aliphatic heterocycles. The Labute approximate surface area is 156 Å². The minimum absolute atomic E-state index is 0.362. The normalized spacial score (nSPS) is 11.3. The SMILES string of the molecule is Cc1nc2ccc(Br)cn2c1C(=O)NN=Cc1ccc(Cl)cc1Cl. The molecule has 0 spiro atoms. The molecule has 2 heterocycles. The number of carbonyl (C=O) groups excluding carboxylic acids is 1. The monoisotopic (exact) mass is 424 g/mol. The quantitative estimate of drug-likeness (QED) is 0.496. The number of amides is 1. The molecule has 2 aromatic heterocycles. The van der Waals surface area contributed by atoms with E-state index in [-0.39, 0.29) is 5.91 Å². The van der Waals surface area contributed by atoms with Crippen LogP contribution >= 0.6 is 39.1 Å². The Balaban J connectivity index is 1.84. The predicted octanol–water partition coefficient (Wildman–Crippen LogP) is 4.48. The van der Waals surface area contributed by atoms with E-state index in [0.717, 1.165) is 4.47 Å². The van der Waals surface area contributed by atoms with Crippen molar-refractivity contribution < 1.29 is 4.79 Å². The molecule has 0 fully saturated rings. The van der Waals surface area contributed by atoms with Crippen molar-refractivity contribution in [3.63, 3.8) is 0 Å². The van der Waals surface area contributed by atoms with Gasteiger partial charge in [0.25, 0.3) is 5.91 Å². The van der Waals surface area contributed by atoms with Gasteiger partial charge in [0, 0.05) is 21.3 Å². The van der Waals surface area contributed by atoms with Crippen LogP contribution in [0.5, 0.6) is 0 Å². The molecular weight excluding hydrogens is 415 g/mol. The second-order valence-corrected chi connectivity index (χ2v) is 6.75. The number of benzene rings is 1. The molecule has 5 nitrogen and oxygen atoms in total. The van der Waals surface area contributed by atoms with Gasteiger partial charge < -0.3 is 0 Å². The molecule has 24 heavy (non-hydrogen) atoms. The highest BCUT2D eigenvalue weighted by Gasteiger charge is 2.16. The number of pyridine rings is 1. The first-order valence-corrected chi connectivity index (χ1v) is 8.43. The summed E-state index contributed by atoms with van der Waals surface area (Å²) in [5.74, 6) is -0.362. The fraction of sp³-hybridized carbons (Fsp3) is 0.0625. The van der Waals surface area contributed by atoms with Crippen LogP contribution < -0.4 is 5.43 Å². The van der Waals surface area contributed by atoms with Gasteiger partial charge in [0.15, 0.2) is 0 Å². The number of halogens is 3. The number of aromatic nitrogens is 2. The fourth-order valence-electron chi connectivity index (χ4n) is 2.23. The number of hydrazone groups is 1. The Kier molecular flexibility index (Phi) is 4.89. The zero-order chi connectivity index (χ0) is 17.3. The van der Waals surface area contributed by atoms with Crippen molar-refractivity contribution in [1.29, 1.82) is 0 Å². The molecule has 8 heteroatoms. The van der Waals surface area contributed by atoms with E-state index in [1.807, 2.05) is 12.1 Å². The Morgan fingerprint density at radius 2 is 2.12 bits per heavy atom. The minimum atomic E-state index is -0.362. The molecule has 122 valence electrons.